The lowest BCUT2D eigenvalue weighted by molar-refractivity contribution is 0.684. The van der Waals surface area contributed by atoms with E-state index in [1.165, 1.54) is 5.56 Å². The molecular formula is C20H24ClN7. The van der Waals surface area contributed by atoms with E-state index >= 15 is 0 Å². The molecule has 0 spiro atoms. The van der Waals surface area contributed by atoms with Gasteiger partial charge < -0.3 is 10.6 Å². The van der Waals surface area contributed by atoms with Gasteiger partial charge in [-0.2, -0.15) is 5.10 Å². The second-order valence-corrected chi connectivity index (χ2v) is 6.66. The van der Waals surface area contributed by atoms with Crippen LogP contribution in [0.5, 0.6) is 0 Å². The molecule has 0 aliphatic heterocycles. The van der Waals surface area contributed by atoms with E-state index in [4.69, 9.17) is 16.6 Å². The summed E-state index contributed by atoms with van der Waals surface area (Å²) in [5.41, 5.74) is 3.46. The minimum absolute atomic E-state index is 0.512. The van der Waals surface area contributed by atoms with Crippen molar-refractivity contribution >= 4 is 17.6 Å². The Hall–Kier alpha value is -2.93. The van der Waals surface area contributed by atoms with Crippen LogP contribution in [0.4, 0.5) is 0 Å². The first-order valence-corrected chi connectivity index (χ1v) is 9.63. The molecule has 8 heteroatoms. The predicted molar refractivity (Wildman–Crippen MR) is 111 cm³/mol. The number of pyridine rings is 1. The summed E-state index contributed by atoms with van der Waals surface area (Å²) in [6.45, 7) is 4.93. The van der Waals surface area contributed by atoms with Crippen molar-refractivity contribution in [1.82, 2.24) is 30.4 Å². The molecule has 0 amide bonds. The van der Waals surface area contributed by atoms with Crippen LogP contribution in [0.3, 0.4) is 0 Å². The van der Waals surface area contributed by atoms with Crippen LogP contribution in [-0.4, -0.2) is 38.8 Å². The van der Waals surface area contributed by atoms with Gasteiger partial charge in [-0.25, -0.2) is 19.6 Å². The summed E-state index contributed by atoms with van der Waals surface area (Å²) < 4.78 is 1.81. The average Bonchev–Trinajstić information content (AvgIpc) is 3.21. The monoisotopic (exact) mass is 397 g/mol. The Kier molecular flexibility index (Phi) is 7.37. The molecular weight excluding hydrogens is 374 g/mol. The fourth-order valence-electron chi connectivity index (χ4n) is 2.72. The number of rotatable bonds is 8. The molecule has 0 aliphatic carbocycles. The summed E-state index contributed by atoms with van der Waals surface area (Å²) in [5.74, 6) is 0.797. The van der Waals surface area contributed by atoms with Crippen LogP contribution >= 0.6 is 11.6 Å². The summed E-state index contributed by atoms with van der Waals surface area (Å²) in [5, 5.41) is 11.3. The van der Waals surface area contributed by atoms with Crippen molar-refractivity contribution in [2.45, 2.75) is 26.4 Å². The number of benzene rings is 1. The summed E-state index contributed by atoms with van der Waals surface area (Å²) >= 11 is 5.82. The molecule has 7 nitrogen and oxygen atoms in total. The Morgan fingerprint density at radius 1 is 1.14 bits per heavy atom. The van der Waals surface area contributed by atoms with Crippen molar-refractivity contribution < 1.29 is 0 Å². The Bertz CT molecular complexity index is 876. The maximum atomic E-state index is 5.82. The van der Waals surface area contributed by atoms with E-state index in [2.05, 4.69) is 50.8 Å². The van der Waals surface area contributed by atoms with Crippen LogP contribution in [0.25, 0.3) is 0 Å². The zero-order valence-electron chi connectivity index (χ0n) is 15.8. The van der Waals surface area contributed by atoms with Gasteiger partial charge in [-0.1, -0.05) is 41.9 Å². The van der Waals surface area contributed by atoms with E-state index in [-0.39, 0.29) is 0 Å². The van der Waals surface area contributed by atoms with Crippen molar-refractivity contribution in [3.63, 3.8) is 0 Å². The molecule has 146 valence electrons. The molecule has 0 atom stereocenters. The quantitative estimate of drug-likeness (QED) is 0.347. The van der Waals surface area contributed by atoms with E-state index in [9.17, 15) is 0 Å². The smallest absolute Gasteiger partial charge is 0.191 e. The predicted octanol–water partition coefficient (Wildman–Crippen LogP) is 2.67. The second-order valence-electron chi connectivity index (χ2n) is 6.27. The molecule has 3 aromatic rings. The van der Waals surface area contributed by atoms with Gasteiger partial charge >= 0.3 is 0 Å². The third-order valence-corrected chi connectivity index (χ3v) is 4.28. The second kappa shape index (κ2) is 10.4. The highest BCUT2D eigenvalue weighted by molar-refractivity contribution is 6.29. The van der Waals surface area contributed by atoms with Gasteiger partial charge in [0.1, 0.15) is 17.8 Å². The summed E-state index contributed by atoms with van der Waals surface area (Å²) in [7, 11) is 0. The molecule has 2 heterocycles. The zero-order valence-corrected chi connectivity index (χ0v) is 16.6. The van der Waals surface area contributed by atoms with E-state index in [1.807, 2.05) is 18.2 Å². The number of hydrogen-bond acceptors (Lipinski definition) is 4. The average molecular weight is 398 g/mol. The van der Waals surface area contributed by atoms with E-state index in [0.29, 0.717) is 18.2 Å². The van der Waals surface area contributed by atoms with Crippen molar-refractivity contribution in [2.75, 3.05) is 13.1 Å². The number of aromatic nitrogens is 4. The van der Waals surface area contributed by atoms with Gasteiger partial charge in [0.05, 0.1) is 13.1 Å². The third-order valence-electron chi connectivity index (χ3n) is 4.06. The number of guanidine groups is 1. The largest absolute Gasteiger partial charge is 0.357 e. The first kappa shape index (κ1) is 19.8. The highest BCUT2D eigenvalue weighted by Crippen LogP contribution is 2.08. The van der Waals surface area contributed by atoms with Crippen molar-refractivity contribution in [3.05, 3.63) is 77.1 Å². The molecule has 0 saturated carbocycles. The van der Waals surface area contributed by atoms with Crippen LogP contribution in [0.15, 0.2) is 60.2 Å². The number of halogens is 1. The maximum absolute atomic E-state index is 5.82. The van der Waals surface area contributed by atoms with Crippen molar-refractivity contribution in [1.29, 1.82) is 0 Å². The molecule has 2 aromatic heterocycles. The van der Waals surface area contributed by atoms with Crippen LogP contribution in [-0.2, 0) is 19.5 Å². The number of nitrogens with zero attached hydrogens (tertiary/aromatic N) is 5. The van der Waals surface area contributed by atoms with Crippen molar-refractivity contribution in [3.8, 4) is 0 Å². The summed E-state index contributed by atoms with van der Waals surface area (Å²) in [4.78, 5) is 12.8. The highest BCUT2D eigenvalue weighted by Gasteiger charge is 2.01. The Morgan fingerprint density at radius 3 is 2.79 bits per heavy atom. The maximum Gasteiger partial charge on any atom is 0.191 e. The minimum Gasteiger partial charge on any atom is -0.357 e. The number of hydrogen-bond donors (Lipinski definition) is 2. The van der Waals surface area contributed by atoms with Gasteiger partial charge in [0.15, 0.2) is 5.96 Å². The number of nitrogens with one attached hydrogen (secondary N) is 2. The summed E-state index contributed by atoms with van der Waals surface area (Å²) in [6, 6.07) is 12.2. The van der Waals surface area contributed by atoms with Gasteiger partial charge in [0, 0.05) is 19.3 Å². The number of aliphatic imine (C=N–C) groups is 1. The van der Waals surface area contributed by atoms with Gasteiger partial charge in [-0.15, -0.1) is 0 Å². The minimum atomic E-state index is 0.512. The Balaban J connectivity index is 1.55. The molecule has 0 fully saturated rings. The first-order valence-electron chi connectivity index (χ1n) is 9.26. The first-order chi connectivity index (χ1) is 13.7. The third kappa shape index (κ3) is 6.35. The Morgan fingerprint density at radius 2 is 2.04 bits per heavy atom. The molecule has 0 saturated heterocycles. The molecule has 0 bridgehead atoms. The Labute approximate surface area is 169 Å². The van der Waals surface area contributed by atoms with E-state index in [0.717, 1.165) is 36.6 Å². The molecule has 3 rings (SSSR count). The zero-order chi connectivity index (χ0) is 19.6. The molecule has 28 heavy (non-hydrogen) atoms. The SMILES string of the molecule is CCNC(=NCc1cccc(Cn2cncn2)c1)NCCc1ccc(Cl)nc1. The van der Waals surface area contributed by atoms with E-state index in [1.54, 1.807) is 23.5 Å². The standard InChI is InChI=1S/C20H24ClN7/c1-2-23-20(24-9-8-16-6-7-19(21)25-11-16)26-12-17-4-3-5-18(10-17)13-28-15-22-14-27-28/h3-7,10-11,14-15H,2,8-9,12-13H2,1H3,(H2,23,24,26). The van der Waals surface area contributed by atoms with E-state index < -0.39 is 0 Å². The fraction of sp³-hybridized carbons (Fsp3) is 0.300. The van der Waals surface area contributed by atoms with Crippen LogP contribution in [0.1, 0.15) is 23.6 Å². The highest BCUT2D eigenvalue weighted by atomic mass is 35.5. The van der Waals surface area contributed by atoms with Crippen LogP contribution in [0, 0.1) is 0 Å². The van der Waals surface area contributed by atoms with Crippen LogP contribution < -0.4 is 10.6 Å². The molecule has 0 aliphatic rings. The van der Waals surface area contributed by atoms with Crippen molar-refractivity contribution in [2.24, 2.45) is 4.99 Å². The van der Waals surface area contributed by atoms with Crippen LogP contribution in [0.2, 0.25) is 5.15 Å². The van der Waals surface area contributed by atoms with Gasteiger partial charge in [-0.3, -0.25) is 0 Å². The molecule has 1 aromatic carbocycles. The van der Waals surface area contributed by atoms with Gasteiger partial charge in [0.25, 0.3) is 0 Å². The lowest BCUT2D eigenvalue weighted by atomic mass is 10.1. The molecule has 0 radical (unpaired) electrons. The topological polar surface area (TPSA) is 80.0 Å². The van der Waals surface area contributed by atoms with Gasteiger partial charge in [0.2, 0.25) is 0 Å². The molecule has 2 N–H and O–H groups in total. The lowest BCUT2D eigenvalue weighted by Crippen LogP contribution is -2.38. The van der Waals surface area contributed by atoms with Gasteiger partial charge in [-0.05, 0) is 36.1 Å². The molecule has 0 unspecified atom stereocenters. The fourth-order valence-corrected chi connectivity index (χ4v) is 2.83. The normalized spacial score (nSPS) is 11.4. The summed E-state index contributed by atoms with van der Waals surface area (Å²) in [6.07, 6.45) is 5.91. The lowest BCUT2D eigenvalue weighted by Gasteiger charge is -2.11.